The van der Waals surface area contributed by atoms with Gasteiger partial charge in [0.15, 0.2) is 17.3 Å². The maximum absolute atomic E-state index is 12.6. The molecule has 1 unspecified atom stereocenters. The van der Waals surface area contributed by atoms with Crippen LogP contribution in [0.1, 0.15) is 16.8 Å². The molecule has 2 aromatic rings. The van der Waals surface area contributed by atoms with Gasteiger partial charge in [-0.15, -0.1) is 0 Å². The normalized spacial score (nSPS) is 15.4. The molecule has 6 nitrogen and oxygen atoms in total. The van der Waals surface area contributed by atoms with Crippen molar-refractivity contribution in [3.63, 3.8) is 0 Å². The number of fused-ring (bicyclic) bond motifs is 1. The zero-order chi connectivity index (χ0) is 18.4. The van der Waals surface area contributed by atoms with E-state index < -0.39 is 0 Å². The maximum Gasteiger partial charge on any atom is 0.171 e. The molecule has 0 saturated carbocycles. The van der Waals surface area contributed by atoms with Crippen molar-refractivity contribution in [2.45, 2.75) is 12.5 Å². The van der Waals surface area contributed by atoms with Crippen LogP contribution >= 0.6 is 0 Å². The van der Waals surface area contributed by atoms with Crippen LogP contribution in [0.3, 0.4) is 0 Å². The number of Topliss-reactive ketones (excluding diaryl/α,β-unsaturated/α-hetero) is 1. The summed E-state index contributed by atoms with van der Waals surface area (Å²) in [5, 5.41) is 3.25. The summed E-state index contributed by atoms with van der Waals surface area (Å²) < 4.78 is 22.1. The molecule has 6 heteroatoms. The monoisotopic (exact) mass is 357 g/mol. The molecule has 0 aliphatic carbocycles. The zero-order valence-corrected chi connectivity index (χ0v) is 15.0. The summed E-state index contributed by atoms with van der Waals surface area (Å²) in [4.78, 5) is 12.6. The van der Waals surface area contributed by atoms with Crippen LogP contribution in [0.2, 0.25) is 0 Å². The molecule has 0 fully saturated rings. The number of carbonyl (C=O) groups is 1. The lowest BCUT2D eigenvalue weighted by Crippen LogP contribution is -2.39. The molecule has 1 N–H and O–H groups in total. The number of hydrogen-bond acceptors (Lipinski definition) is 6. The van der Waals surface area contributed by atoms with Crippen molar-refractivity contribution in [2.75, 3.05) is 33.9 Å². The van der Waals surface area contributed by atoms with Crippen molar-refractivity contribution in [1.29, 1.82) is 0 Å². The molecule has 2 aromatic carbocycles. The predicted octanol–water partition coefficient (Wildman–Crippen LogP) is 2.71. The molecule has 0 bridgehead atoms. The van der Waals surface area contributed by atoms with Gasteiger partial charge in [0.05, 0.1) is 14.2 Å². The Morgan fingerprint density at radius 1 is 1.08 bits per heavy atom. The summed E-state index contributed by atoms with van der Waals surface area (Å²) in [6, 6.07) is 12.9. The fourth-order valence-corrected chi connectivity index (χ4v) is 2.88. The fraction of sp³-hybridized carbons (Fsp3) is 0.350. The van der Waals surface area contributed by atoms with E-state index in [2.05, 4.69) is 5.32 Å². The first kappa shape index (κ1) is 18.1. The highest BCUT2D eigenvalue weighted by Gasteiger charge is 2.21. The second kappa shape index (κ2) is 8.58. The van der Waals surface area contributed by atoms with Crippen LogP contribution in [0.25, 0.3) is 0 Å². The average Bonchev–Trinajstić information content (AvgIpc) is 2.70. The fourth-order valence-electron chi connectivity index (χ4n) is 2.88. The minimum absolute atomic E-state index is 0.0297. The van der Waals surface area contributed by atoms with Crippen molar-refractivity contribution in [3.05, 3.63) is 48.0 Å². The van der Waals surface area contributed by atoms with E-state index >= 15 is 0 Å². The third-order valence-electron chi connectivity index (χ3n) is 4.18. The lowest BCUT2D eigenvalue weighted by Gasteiger charge is -2.26. The molecular formula is C20H23NO5. The first-order chi connectivity index (χ1) is 12.7. The van der Waals surface area contributed by atoms with Gasteiger partial charge in [-0.2, -0.15) is 0 Å². The number of rotatable bonds is 8. The van der Waals surface area contributed by atoms with Gasteiger partial charge in [-0.1, -0.05) is 18.2 Å². The van der Waals surface area contributed by atoms with Crippen molar-refractivity contribution >= 4 is 5.78 Å². The highest BCUT2D eigenvalue weighted by atomic mass is 16.6. The lowest BCUT2D eigenvalue weighted by molar-refractivity contribution is 0.0889. The van der Waals surface area contributed by atoms with E-state index in [9.17, 15) is 4.79 Å². The lowest BCUT2D eigenvalue weighted by atomic mass is 10.1. The van der Waals surface area contributed by atoms with Crippen LogP contribution < -0.4 is 24.3 Å². The molecule has 1 heterocycles. The molecule has 26 heavy (non-hydrogen) atoms. The maximum atomic E-state index is 12.6. The summed E-state index contributed by atoms with van der Waals surface area (Å²) in [5.74, 6) is 2.53. The van der Waals surface area contributed by atoms with Gasteiger partial charge in [0.1, 0.15) is 29.8 Å². The van der Waals surface area contributed by atoms with E-state index in [0.717, 1.165) is 11.5 Å². The molecule has 0 saturated heterocycles. The molecule has 1 aliphatic heterocycles. The van der Waals surface area contributed by atoms with Crippen molar-refractivity contribution in [1.82, 2.24) is 5.32 Å². The summed E-state index contributed by atoms with van der Waals surface area (Å²) in [5.41, 5.74) is 0.477. The summed E-state index contributed by atoms with van der Waals surface area (Å²) in [6.07, 6.45) is 0.252. The van der Waals surface area contributed by atoms with E-state index in [0.29, 0.717) is 43.2 Å². The van der Waals surface area contributed by atoms with Gasteiger partial charge < -0.3 is 24.3 Å². The van der Waals surface area contributed by atoms with E-state index in [1.807, 2.05) is 24.3 Å². The summed E-state index contributed by atoms with van der Waals surface area (Å²) in [7, 11) is 3.09. The number of hydrogen-bond donors (Lipinski definition) is 1. The van der Waals surface area contributed by atoms with Crippen molar-refractivity contribution in [2.24, 2.45) is 0 Å². The molecule has 1 aliphatic rings. The molecule has 0 spiro atoms. The number of methoxy groups -OCH3 is 2. The summed E-state index contributed by atoms with van der Waals surface area (Å²) in [6.45, 7) is 1.62. The van der Waals surface area contributed by atoms with E-state index in [4.69, 9.17) is 18.9 Å². The quantitative estimate of drug-likeness (QED) is 0.579. The van der Waals surface area contributed by atoms with Gasteiger partial charge in [0.2, 0.25) is 0 Å². The molecule has 0 amide bonds. The van der Waals surface area contributed by atoms with Gasteiger partial charge in [-0.25, -0.2) is 0 Å². The molecule has 1 atom stereocenters. The second-order valence-corrected chi connectivity index (χ2v) is 5.91. The number of carbonyl (C=O) groups excluding carboxylic acids is 1. The van der Waals surface area contributed by atoms with Gasteiger partial charge in [-0.3, -0.25) is 4.79 Å². The van der Waals surface area contributed by atoms with Crippen molar-refractivity contribution < 1.29 is 23.7 Å². The minimum Gasteiger partial charge on any atom is -0.496 e. The Hall–Kier alpha value is -2.73. The van der Waals surface area contributed by atoms with Gasteiger partial charge in [0.25, 0.3) is 0 Å². The topological polar surface area (TPSA) is 66.0 Å². The number of ether oxygens (including phenoxy) is 4. The predicted molar refractivity (Wildman–Crippen MR) is 97.7 cm³/mol. The first-order valence-corrected chi connectivity index (χ1v) is 8.56. The molecular weight excluding hydrogens is 334 g/mol. The number of nitrogens with one attached hydrogen (secondary N) is 1. The Bertz CT molecular complexity index is 739. The third kappa shape index (κ3) is 4.08. The minimum atomic E-state index is -0.0826. The van der Waals surface area contributed by atoms with Crippen LogP contribution in [0.4, 0.5) is 0 Å². The van der Waals surface area contributed by atoms with Gasteiger partial charge in [0, 0.05) is 19.5 Å². The van der Waals surface area contributed by atoms with Crippen LogP contribution in [0, 0.1) is 0 Å². The molecule has 0 aromatic heterocycles. The highest BCUT2D eigenvalue weighted by Crippen LogP contribution is 2.31. The Labute approximate surface area is 153 Å². The number of ketones is 1. The number of para-hydroxylation sites is 2. The van der Waals surface area contributed by atoms with Gasteiger partial charge >= 0.3 is 0 Å². The Morgan fingerprint density at radius 2 is 1.77 bits per heavy atom. The average molecular weight is 357 g/mol. The molecule has 0 radical (unpaired) electrons. The smallest absolute Gasteiger partial charge is 0.171 e. The Kier molecular flexibility index (Phi) is 5.96. The van der Waals surface area contributed by atoms with Crippen LogP contribution in [0.15, 0.2) is 42.5 Å². The van der Waals surface area contributed by atoms with Crippen LogP contribution in [-0.2, 0) is 0 Å². The van der Waals surface area contributed by atoms with Crippen molar-refractivity contribution in [3.8, 4) is 23.0 Å². The Morgan fingerprint density at radius 3 is 2.46 bits per heavy atom. The van der Waals surface area contributed by atoms with Crippen LogP contribution in [0.5, 0.6) is 23.0 Å². The zero-order valence-electron chi connectivity index (χ0n) is 15.0. The second-order valence-electron chi connectivity index (χ2n) is 5.91. The third-order valence-corrected chi connectivity index (χ3v) is 4.18. The molecule has 3 rings (SSSR count). The van der Waals surface area contributed by atoms with Crippen LogP contribution in [-0.4, -0.2) is 45.8 Å². The van der Waals surface area contributed by atoms with E-state index in [1.165, 1.54) is 0 Å². The summed E-state index contributed by atoms with van der Waals surface area (Å²) >= 11 is 0. The number of benzene rings is 2. The highest BCUT2D eigenvalue weighted by molar-refractivity contribution is 6.01. The molecule has 138 valence electrons. The SMILES string of the molecule is COc1cccc(OC)c1C(=O)CCNCC1COc2ccccc2O1. The van der Waals surface area contributed by atoms with E-state index in [1.54, 1.807) is 32.4 Å². The largest absolute Gasteiger partial charge is 0.496 e. The Balaban J connectivity index is 1.49. The van der Waals surface area contributed by atoms with E-state index in [-0.39, 0.29) is 11.9 Å². The standard InChI is InChI=1S/C20H23NO5/c1-23-18-8-5-9-19(24-2)20(18)15(22)10-11-21-12-14-13-25-16-6-3-4-7-17(16)26-14/h3-9,14,21H,10-13H2,1-2H3. The first-order valence-electron chi connectivity index (χ1n) is 8.56. The van der Waals surface area contributed by atoms with Gasteiger partial charge in [-0.05, 0) is 24.3 Å².